The molecule has 25 heavy (non-hydrogen) atoms. The van der Waals surface area contributed by atoms with E-state index in [0.29, 0.717) is 17.7 Å². The molecule has 0 N–H and O–H groups in total. The van der Waals surface area contributed by atoms with Crippen LogP contribution in [0.2, 0.25) is 0 Å². The average Bonchev–Trinajstić information content (AvgIpc) is 2.64. The van der Waals surface area contributed by atoms with Crippen LogP contribution in [0.4, 0.5) is 0 Å². The van der Waals surface area contributed by atoms with Crippen molar-refractivity contribution in [1.82, 2.24) is 4.90 Å². The van der Waals surface area contributed by atoms with Gasteiger partial charge in [0.15, 0.2) is 0 Å². The monoisotopic (exact) mass is 337 g/mol. The number of hydrogen-bond acceptors (Lipinski definition) is 4. The molecule has 0 unspecified atom stereocenters. The quantitative estimate of drug-likeness (QED) is 0.548. The van der Waals surface area contributed by atoms with Crippen LogP contribution in [-0.2, 0) is 19.9 Å². The van der Waals surface area contributed by atoms with Crippen molar-refractivity contribution in [3.63, 3.8) is 0 Å². The van der Waals surface area contributed by atoms with Gasteiger partial charge in [-0.3, -0.25) is 0 Å². The summed E-state index contributed by atoms with van der Waals surface area (Å²) in [7, 11) is 3.84. The van der Waals surface area contributed by atoms with Gasteiger partial charge in [-0.25, -0.2) is 4.79 Å². The third kappa shape index (κ3) is 4.48. The van der Waals surface area contributed by atoms with Crippen molar-refractivity contribution >= 4 is 5.97 Å². The van der Waals surface area contributed by atoms with Crippen LogP contribution in [0.25, 0.3) is 0 Å². The molecule has 4 heteroatoms. The van der Waals surface area contributed by atoms with Crippen molar-refractivity contribution in [3.05, 3.63) is 71.8 Å². The summed E-state index contributed by atoms with van der Waals surface area (Å²) in [5.41, 5.74) is -0.0149. The fourth-order valence-corrected chi connectivity index (χ4v) is 2.55. The van der Waals surface area contributed by atoms with E-state index in [1.165, 1.54) is 0 Å². The van der Waals surface area contributed by atoms with Crippen LogP contribution >= 0.6 is 0 Å². The molecule has 0 radical (unpaired) electrons. The Bertz CT molecular complexity index is 665. The lowest BCUT2D eigenvalue weighted by atomic mass is 9.86. The highest BCUT2D eigenvalue weighted by atomic mass is 16.6. The molecule has 130 valence electrons. The fourth-order valence-electron chi connectivity index (χ4n) is 2.55. The summed E-state index contributed by atoms with van der Waals surface area (Å²) >= 11 is 0. The molecule has 2 rings (SSSR count). The van der Waals surface area contributed by atoms with Crippen LogP contribution in [0.1, 0.15) is 11.1 Å². The zero-order valence-corrected chi connectivity index (χ0v) is 14.6. The molecule has 0 aromatic heterocycles. The van der Waals surface area contributed by atoms with Gasteiger partial charge in [0.25, 0.3) is 0 Å². The van der Waals surface area contributed by atoms with Gasteiger partial charge in [0.1, 0.15) is 13.2 Å². The smallest absolute Gasteiger partial charge is 0.347 e. The maximum Gasteiger partial charge on any atom is 0.347 e. The Morgan fingerprint density at radius 2 is 1.56 bits per heavy atom. The normalized spacial score (nSPS) is 11.1. The maximum atomic E-state index is 13.1. The Morgan fingerprint density at radius 3 is 2.00 bits per heavy atom. The molecular formula is C21H23NO3. The highest BCUT2D eigenvalue weighted by molar-refractivity contribution is 5.86. The number of carbonyl (C=O) groups is 1. The number of terminal acetylenes is 1. The van der Waals surface area contributed by atoms with Gasteiger partial charge in [-0.15, -0.1) is 6.42 Å². The van der Waals surface area contributed by atoms with E-state index in [1.807, 2.05) is 79.7 Å². The number of esters is 1. The molecule has 0 saturated carbocycles. The number of ether oxygens (including phenoxy) is 2. The zero-order valence-electron chi connectivity index (χ0n) is 14.6. The van der Waals surface area contributed by atoms with E-state index in [-0.39, 0.29) is 13.2 Å². The van der Waals surface area contributed by atoms with Crippen molar-refractivity contribution in [2.75, 3.05) is 33.9 Å². The Labute approximate surface area is 149 Å². The van der Waals surface area contributed by atoms with Crippen LogP contribution < -0.4 is 0 Å². The molecule has 0 heterocycles. The van der Waals surface area contributed by atoms with Gasteiger partial charge < -0.3 is 14.4 Å². The molecule has 0 bridgehead atoms. The molecule has 0 amide bonds. The summed E-state index contributed by atoms with van der Waals surface area (Å²) in [6.45, 7) is 0.889. The summed E-state index contributed by atoms with van der Waals surface area (Å²) in [5.74, 6) is 1.98. The highest BCUT2D eigenvalue weighted by Crippen LogP contribution is 2.35. The second-order valence-corrected chi connectivity index (χ2v) is 5.85. The third-order valence-corrected chi connectivity index (χ3v) is 3.79. The van der Waals surface area contributed by atoms with Gasteiger partial charge in [0.2, 0.25) is 5.60 Å². The molecule has 0 aliphatic rings. The second kappa shape index (κ2) is 9.03. The SMILES string of the molecule is C#CCOC(C(=O)OCCN(C)C)(c1ccccc1)c1ccccc1. The molecule has 0 spiro atoms. The minimum atomic E-state index is -1.39. The van der Waals surface area contributed by atoms with Crippen molar-refractivity contribution in [3.8, 4) is 12.3 Å². The Hall–Kier alpha value is -2.61. The summed E-state index contributed by atoms with van der Waals surface area (Å²) in [6, 6.07) is 18.6. The Kier molecular flexibility index (Phi) is 6.76. The summed E-state index contributed by atoms with van der Waals surface area (Å²) in [5, 5.41) is 0. The van der Waals surface area contributed by atoms with Crippen LogP contribution in [0.15, 0.2) is 60.7 Å². The molecule has 2 aromatic rings. The molecule has 2 aromatic carbocycles. The average molecular weight is 337 g/mol. The molecule has 0 atom stereocenters. The lowest BCUT2D eigenvalue weighted by Gasteiger charge is -2.32. The lowest BCUT2D eigenvalue weighted by molar-refractivity contribution is -0.167. The van der Waals surface area contributed by atoms with Crippen LogP contribution in [-0.4, -0.2) is 44.7 Å². The van der Waals surface area contributed by atoms with E-state index in [4.69, 9.17) is 15.9 Å². The minimum Gasteiger partial charge on any atom is -0.462 e. The van der Waals surface area contributed by atoms with Gasteiger partial charge in [-0.05, 0) is 25.2 Å². The Balaban J connectivity index is 2.47. The van der Waals surface area contributed by atoms with Crippen LogP contribution in [0.5, 0.6) is 0 Å². The van der Waals surface area contributed by atoms with E-state index in [2.05, 4.69) is 5.92 Å². The number of rotatable bonds is 8. The van der Waals surface area contributed by atoms with Gasteiger partial charge in [-0.2, -0.15) is 0 Å². The standard InChI is InChI=1S/C21H23NO3/c1-4-16-25-21(18-11-7-5-8-12-18,19-13-9-6-10-14-19)20(23)24-17-15-22(2)3/h1,5-14H,15-17H2,2-3H3. The van der Waals surface area contributed by atoms with Gasteiger partial charge >= 0.3 is 5.97 Å². The van der Waals surface area contributed by atoms with Gasteiger partial charge in [0.05, 0.1) is 0 Å². The van der Waals surface area contributed by atoms with E-state index < -0.39 is 11.6 Å². The van der Waals surface area contributed by atoms with E-state index in [9.17, 15) is 4.79 Å². The molecule has 0 aliphatic heterocycles. The molecule has 0 saturated heterocycles. The molecule has 4 nitrogen and oxygen atoms in total. The van der Waals surface area contributed by atoms with E-state index in [0.717, 1.165) is 0 Å². The van der Waals surface area contributed by atoms with E-state index in [1.54, 1.807) is 0 Å². The van der Waals surface area contributed by atoms with Gasteiger partial charge in [0, 0.05) is 6.54 Å². The number of carbonyl (C=O) groups excluding carboxylic acids is 1. The third-order valence-electron chi connectivity index (χ3n) is 3.79. The Morgan fingerprint density at radius 1 is 1.04 bits per heavy atom. The first-order valence-corrected chi connectivity index (χ1v) is 8.11. The first kappa shape index (κ1) is 18.7. The second-order valence-electron chi connectivity index (χ2n) is 5.85. The van der Waals surface area contributed by atoms with Crippen molar-refractivity contribution in [2.45, 2.75) is 5.60 Å². The highest BCUT2D eigenvalue weighted by Gasteiger charge is 2.45. The summed E-state index contributed by atoms with van der Waals surface area (Å²) in [6.07, 6.45) is 5.40. The summed E-state index contributed by atoms with van der Waals surface area (Å²) in [4.78, 5) is 15.1. The number of hydrogen-bond donors (Lipinski definition) is 0. The number of nitrogens with zero attached hydrogens (tertiary/aromatic N) is 1. The maximum absolute atomic E-state index is 13.1. The largest absolute Gasteiger partial charge is 0.462 e. The first-order valence-electron chi connectivity index (χ1n) is 8.11. The van der Waals surface area contributed by atoms with E-state index >= 15 is 0 Å². The van der Waals surface area contributed by atoms with Crippen LogP contribution in [0, 0.1) is 12.3 Å². The first-order chi connectivity index (χ1) is 12.1. The topological polar surface area (TPSA) is 38.8 Å². The zero-order chi connectivity index (χ0) is 18.1. The predicted molar refractivity (Wildman–Crippen MR) is 98.0 cm³/mol. The molecule has 0 aliphatic carbocycles. The van der Waals surface area contributed by atoms with Crippen molar-refractivity contribution in [1.29, 1.82) is 0 Å². The van der Waals surface area contributed by atoms with Crippen molar-refractivity contribution < 1.29 is 14.3 Å². The lowest BCUT2D eigenvalue weighted by Crippen LogP contribution is -2.42. The van der Waals surface area contributed by atoms with Crippen LogP contribution in [0.3, 0.4) is 0 Å². The molecular weight excluding hydrogens is 314 g/mol. The molecule has 0 fully saturated rings. The number of benzene rings is 2. The fraction of sp³-hybridized carbons (Fsp3) is 0.286. The summed E-state index contributed by atoms with van der Waals surface area (Å²) < 4.78 is 11.5. The predicted octanol–water partition coefficient (Wildman–Crippen LogP) is 2.68. The minimum absolute atomic E-state index is 0.00737. The number of likely N-dealkylation sites (N-methyl/N-ethyl adjacent to an activating group) is 1. The van der Waals surface area contributed by atoms with Gasteiger partial charge in [-0.1, -0.05) is 66.6 Å². The van der Waals surface area contributed by atoms with Crippen molar-refractivity contribution in [2.24, 2.45) is 0 Å².